The number of hydrogen-bond donors (Lipinski definition) is 0. The largest absolute Gasteiger partial charge is 0.267 e. The van der Waals surface area contributed by atoms with Crippen LogP contribution < -0.4 is 0 Å². The Morgan fingerprint density at radius 3 is 2.18 bits per heavy atom. The highest BCUT2D eigenvalue weighted by molar-refractivity contribution is 9.15. The second-order valence-electron chi connectivity index (χ2n) is 3.00. The first-order valence-corrected chi connectivity index (χ1v) is 8.84. The van der Waals surface area contributed by atoms with E-state index in [1.54, 1.807) is 6.21 Å². The molecule has 8 heteroatoms. The molecule has 1 aliphatic heterocycles. The molecule has 0 radical (unpaired) electrons. The van der Waals surface area contributed by atoms with Gasteiger partial charge in [0.2, 0.25) is 0 Å². The van der Waals surface area contributed by atoms with E-state index in [0.717, 1.165) is 33.9 Å². The SMILES string of the molecule is BrC1=CC=N/C1=C(/Br)c1c(Br)c(Br)c(Br)n1Br. The first kappa shape index (κ1) is 14.7. The van der Waals surface area contributed by atoms with Gasteiger partial charge >= 0.3 is 0 Å². The van der Waals surface area contributed by atoms with E-state index >= 15 is 0 Å². The normalized spacial score (nSPS) is 17.6. The van der Waals surface area contributed by atoms with Crippen molar-refractivity contribution in [1.82, 2.24) is 3.59 Å². The molecule has 1 aromatic rings. The van der Waals surface area contributed by atoms with E-state index in [1.807, 2.05) is 9.67 Å². The summed E-state index contributed by atoms with van der Waals surface area (Å²) in [5.41, 5.74) is 1.78. The van der Waals surface area contributed by atoms with Gasteiger partial charge in [0.1, 0.15) is 4.60 Å². The van der Waals surface area contributed by atoms with Crippen LogP contribution in [0, 0.1) is 0 Å². The van der Waals surface area contributed by atoms with E-state index in [1.165, 1.54) is 0 Å². The van der Waals surface area contributed by atoms with Crippen LogP contribution >= 0.6 is 95.8 Å². The number of aliphatic imine (C=N–C) groups is 1. The van der Waals surface area contributed by atoms with Crippen LogP contribution in [0.15, 0.2) is 34.8 Å². The monoisotopic (exact) mass is 612 g/mol. The number of allylic oxidation sites excluding steroid dienone is 2. The summed E-state index contributed by atoms with van der Waals surface area (Å²) in [6.45, 7) is 0. The van der Waals surface area contributed by atoms with Gasteiger partial charge < -0.3 is 0 Å². The molecule has 0 aliphatic carbocycles. The lowest BCUT2D eigenvalue weighted by atomic mass is 10.3. The van der Waals surface area contributed by atoms with Gasteiger partial charge in [0.05, 0.1) is 41.0 Å². The van der Waals surface area contributed by atoms with Crippen LogP contribution in [0.4, 0.5) is 0 Å². The van der Waals surface area contributed by atoms with E-state index in [4.69, 9.17) is 0 Å². The third-order valence-electron chi connectivity index (χ3n) is 2.02. The van der Waals surface area contributed by atoms with Gasteiger partial charge in [-0.3, -0.25) is 8.59 Å². The van der Waals surface area contributed by atoms with Crippen molar-refractivity contribution < 1.29 is 0 Å². The van der Waals surface area contributed by atoms with E-state index < -0.39 is 0 Å². The molecule has 17 heavy (non-hydrogen) atoms. The fraction of sp³-hybridized carbons (Fsp3) is 0. The molecule has 2 heterocycles. The number of halogens is 6. The number of hydrogen-bond acceptors (Lipinski definition) is 1. The fourth-order valence-corrected chi connectivity index (χ4v) is 5.70. The average Bonchev–Trinajstić information content (AvgIpc) is 2.79. The van der Waals surface area contributed by atoms with Crippen molar-refractivity contribution in [2.45, 2.75) is 0 Å². The number of nitrogens with zero attached hydrogens (tertiary/aromatic N) is 2. The lowest BCUT2D eigenvalue weighted by Gasteiger charge is -2.05. The Morgan fingerprint density at radius 2 is 1.76 bits per heavy atom. The molecule has 2 nitrogen and oxygen atoms in total. The molecule has 0 N–H and O–H groups in total. The Hall–Kier alpha value is 1.31. The van der Waals surface area contributed by atoms with Gasteiger partial charge in [-0.05, 0) is 85.7 Å². The number of aromatic nitrogens is 1. The molecule has 0 unspecified atom stereocenters. The standard InChI is InChI=1S/C9H2Br6N2/c10-3-1-2-16-7(3)6(13)8-4(11)5(12)9(14)17(8)15/h1-2H/b7-6+. The predicted octanol–water partition coefficient (Wildman–Crippen LogP) is 6.36. The summed E-state index contributed by atoms with van der Waals surface area (Å²) in [6.07, 6.45) is 3.65. The molecule has 2 rings (SSSR count). The first-order chi connectivity index (χ1) is 7.95. The van der Waals surface area contributed by atoms with Crippen LogP contribution in [-0.2, 0) is 0 Å². The predicted molar refractivity (Wildman–Crippen MR) is 93.2 cm³/mol. The molecular weight excluding hydrogens is 616 g/mol. The molecule has 0 bridgehead atoms. The smallest absolute Gasteiger partial charge is 0.111 e. The minimum absolute atomic E-state index is 0.851. The third-order valence-corrected chi connectivity index (χ3v) is 7.95. The maximum absolute atomic E-state index is 4.30. The zero-order valence-electron chi connectivity index (χ0n) is 7.82. The zero-order valence-corrected chi connectivity index (χ0v) is 17.3. The van der Waals surface area contributed by atoms with Crippen molar-refractivity contribution >= 4 is 106 Å². The van der Waals surface area contributed by atoms with Crippen molar-refractivity contribution in [3.8, 4) is 0 Å². The van der Waals surface area contributed by atoms with Crippen LogP contribution in [0.1, 0.15) is 5.69 Å². The highest BCUT2D eigenvalue weighted by atomic mass is 79.9. The molecule has 0 saturated carbocycles. The van der Waals surface area contributed by atoms with Crippen molar-refractivity contribution in [2.75, 3.05) is 0 Å². The van der Waals surface area contributed by atoms with Crippen molar-refractivity contribution in [1.29, 1.82) is 0 Å². The lowest BCUT2D eigenvalue weighted by molar-refractivity contribution is 1.23. The van der Waals surface area contributed by atoms with Crippen molar-refractivity contribution in [3.05, 3.63) is 35.5 Å². The van der Waals surface area contributed by atoms with E-state index in [2.05, 4.69) is 101 Å². The Kier molecular flexibility index (Phi) is 4.97. The maximum Gasteiger partial charge on any atom is 0.111 e. The van der Waals surface area contributed by atoms with Gasteiger partial charge in [0.25, 0.3) is 0 Å². The van der Waals surface area contributed by atoms with Crippen LogP contribution in [0.5, 0.6) is 0 Å². The van der Waals surface area contributed by atoms with Gasteiger partial charge in [-0.2, -0.15) is 0 Å². The number of rotatable bonds is 1. The van der Waals surface area contributed by atoms with Crippen molar-refractivity contribution in [2.24, 2.45) is 4.99 Å². The maximum atomic E-state index is 4.30. The van der Waals surface area contributed by atoms with Gasteiger partial charge in [-0.25, -0.2) is 0 Å². The Labute approximate surface area is 149 Å². The molecule has 0 fully saturated rings. The summed E-state index contributed by atoms with van der Waals surface area (Å²) in [6, 6.07) is 0. The summed E-state index contributed by atoms with van der Waals surface area (Å²) >= 11 is 21.0. The zero-order chi connectivity index (χ0) is 12.7. The van der Waals surface area contributed by atoms with Crippen LogP contribution in [0.2, 0.25) is 0 Å². The molecule has 0 saturated heterocycles. The van der Waals surface area contributed by atoms with Crippen LogP contribution in [-0.4, -0.2) is 9.81 Å². The lowest BCUT2D eigenvalue weighted by Crippen LogP contribution is -1.89. The Morgan fingerprint density at radius 1 is 1.12 bits per heavy atom. The van der Waals surface area contributed by atoms with Crippen LogP contribution in [0.25, 0.3) is 4.48 Å². The minimum Gasteiger partial charge on any atom is -0.267 e. The topological polar surface area (TPSA) is 17.3 Å². The summed E-state index contributed by atoms with van der Waals surface area (Å²) in [5, 5.41) is 0. The van der Waals surface area contributed by atoms with Gasteiger partial charge in [0.15, 0.2) is 0 Å². The molecule has 0 amide bonds. The third kappa shape index (κ3) is 2.63. The van der Waals surface area contributed by atoms with E-state index in [0.29, 0.717) is 0 Å². The van der Waals surface area contributed by atoms with Crippen LogP contribution in [0.3, 0.4) is 0 Å². The molecule has 0 aromatic carbocycles. The molecule has 1 aromatic heterocycles. The molecule has 90 valence electrons. The molecule has 0 atom stereocenters. The molecular formula is C9H2Br6N2. The quantitative estimate of drug-likeness (QED) is 0.349. The minimum atomic E-state index is 0.851. The first-order valence-electron chi connectivity index (χ1n) is 4.16. The van der Waals surface area contributed by atoms with Gasteiger partial charge in [0, 0.05) is 10.7 Å². The van der Waals surface area contributed by atoms with Gasteiger partial charge in [-0.15, -0.1) is 0 Å². The summed E-state index contributed by atoms with van der Waals surface area (Å²) in [5.74, 6) is 0. The molecule has 1 aliphatic rings. The Balaban J connectivity index is 2.68. The second-order valence-corrected chi connectivity index (χ2v) is 7.70. The highest BCUT2D eigenvalue weighted by Gasteiger charge is 2.22. The summed E-state index contributed by atoms with van der Waals surface area (Å²) in [4.78, 5) is 4.30. The average molecular weight is 618 g/mol. The summed E-state index contributed by atoms with van der Waals surface area (Å²) < 4.78 is 6.42. The summed E-state index contributed by atoms with van der Waals surface area (Å²) in [7, 11) is 0. The molecule has 0 spiro atoms. The van der Waals surface area contributed by atoms with E-state index in [-0.39, 0.29) is 0 Å². The van der Waals surface area contributed by atoms with E-state index in [9.17, 15) is 0 Å². The Bertz CT molecular complexity index is 555. The second kappa shape index (κ2) is 5.75. The highest BCUT2D eigenvalue weighted by Crippen LogP contribution is 2.45. The van der Waals surface area contributed by atoms with Gasteiger partial charge in [-0.1, -0.05) is 0 Å². The van der Waals surface area contributed by atoms with Crippen molar-refractivity contribution in [3.63, 3.8) is 0 Å². The fourth-order valence-electron chi connectivity index (χ4n) is 1.24.